The molecule has 1 unspecified atom stereocenters. The maximum Gasteiger partial charge on any atom is 0.162 e. The molecule has 0 spiro atoms. The highest BCUT2D eigenvalue weighted by Crippen LogP contribution is 2.24. The number of carbonyl (C=O) groups is 1. The van der Waals surface area contributed by atoms with E-state index in [1.165, 1.54) is 6.92 Å². The van der Waals surface area contributed by atoms with Gasteiger partial charge in [0.05, 0.1) is 0 Å². The molecule has 0 aliphatic carbocycles. The first-order valence-electron chi connectivity index (χ1n) is 4.14. The Morgan fingerprint density at radius 3 is 2.57 bits per heavy atom. The van der Waals surface area contributed by atoms with Crippen LogP contribution in [0.5, 0.6) is 0 Å². The fourth-order valence-corrected chi connectivity index (χ4v) is 1.21. The molecule has 0 heterocycles. The standard InChI is InChI=1S/C10H9F3O/c1-6(2-3-14)8-4-7(11)5-9(12)10(8)13/h3-6H,2H2,1H3. The Morgan fingerprint density at radius 2 is 2.00 bits per heavy atom. The van der Waals surface area contributed by atoms with Gasteiger partial charge in [-0.25, -0.2) is 13.2 Å². The molecule has 14 heavy (non-hydrogen) atoms. The van der Waals surface area contributed by atoms with Crippen molar-refractivity contribution in [3.05, 3.63) is 35.1 Å². The zero-order valence-corrected chi connectivity index (χ0v) is 7.56. The van der Waals surface area contributed by atoms with Crippen LogP contribution >= 0.6 is 0 Å². The highest BCUT2D eigenvalue weighted by Gasteiger charge is 2.15. The Hall–Kier alpha value is -1.32. The number of hydrogen-bond acceptors (Lipinski definition) is 1. The summed E-state index contributed by atoms with van der Waals surface area (Å²) in [6, 6.07) is 1.39. The summed E-state index contributed by atoms with van der Waals surface area (Å²) in [5, 5.41) is 0. The van der Waals surface area contributed by atoms with Gasteiger partial charge in [-0.05, 0) is 17.5 Å². The van der Waals surface area contributed by atoms with Crippen molar-refractivity contribution < 1.29 is 18.0 Å². The van der Waals surface area contributed by atoms with Crippen molar-refractivity contribution in [2.24, 2.45) is 0 Å². The summed E-state index contributed by atoms with van der Waals surface area (Å²) in [5.74, 6) is -3.66. The van der Waals surface area contributed by atoms with Gasteiger partial charge in [-0.3, -0.25) is 0 Å². The van der Waals surface area contributed by atoms with Gasteiger partial charge >= 0.3 is 0 Å². The van der Waals surface area contributed by atoms with Crippen molar-refractivity contribution in [2.45, 2.75) is 19.3 Å². The number of halogens is 3. The van der Waals surface area contributed by atoms with Crippen LogP contribution in [0.25, 0.3) is 0 Å². The van der Waals surface area contributed by atoms with E-state index in [9.17, 15) is 18.0 Å². The van der Waals surface area contributed by atoms with Crippen molar-refractivity contribution in [1.82, 2.24) is 0 Å². The Bertz CT molecular complexity index is 349. The molecule has 1 nitrogen and oxygen atoms in total. The monoisotopic (exact) mass is 202 g/mol. The minimum atomic E-state index is -1.22. The van der Waals surface area contributed by atoms with Crippen LogP contribution in [0.15, 0.2) is 12.1 Å². The minimum absolute atomic E-state index is 0.0415. The van der Waals surface area contributed by atoms with Gasteiger partial charge in [-0.1, -0.05) is 6.92 Å². The van der Waals surface area contributed by atoms with Gasteiger partial charge in [0.2, 0.25) is 0 Å². The number of aldehydes is 1. The van der Waals surface area contributed by atoms with Crippen LogP contribution in [0.1, 0.15) is 24.8 Å². The first kappa shape index (κ1) is 10.8. The highest BCUT2D eigenvalue weighted by molar-refractivity contribution is 5.51. The molecule has 0 aliphatic heterocycles. The Balaban J connectivity index is 3.12. The average molecular weight is 202 g/mol. The van der Waals surface area contributed by atoms with Gasteiger partial charge in [-0.15, -0.1) is 0 Å². The van der Waals surface area contributed by atoms with Crippen LogP contribution in [0.4, 0.5) is 13.2 Å². The second kappa shape index (κ2) is 4.26. The summed E-state index contributed by atoms with van der Waals surface area (Å²) in [4.78, 5) is 10.2. The third-order valence-electron chi connectivity index (χ3n) is 2.00. The summed E-state index contributed by atoms with van der Waals surface area (Å²) in [7, 11) is 0. The van der Waals surface area contributed by atoms with Crippen LogP contribution in [0, 0.1) is 17.5 Å². The fourth-order valence-electron chi connectivity index (χ4n) is 1.21. The predicted octanol–water partition coefficient (Wildman–Crippen LogP) is 2.80. The molecule has 0 aromatic heterocycles. The zero-order valence-electron chi connectivity index (χ0n) is 7.56. The molecule has 4 heteroatoms. The summed E-state index contributed by atoms with van der Waals surface area (Å²) in [6.45, 7) is 1.53. The van der Waals surface area contributed by atoms with E-state index in [2.05, 4.69) is 0 Å². The lowest BCUT2D eigenvalue weighted by Crippen LogP contribution is -2.01. The lowest BCUT2D eigenvalue weighted by atomic mass is 9.97. The third-order valence-corrected chi connectivity index (χ3v) is 2.00. The molecule has 0 bridgehead atoms. The molecule has 1 aromatic rings. The van der Waals surface area contributed by atoms with Gasteiger partial charge in [0.1, 0.15) is 12.1 Å². The van der Waals surface area contributed by atoms with Crippen molar-refractivity contribution in [3.63, 3.8) is 0 Å². The summed E-state index contributed by atoms with van der Waals surface area (Å²) < 4.78 is 38.5. The van der Waals surface area contributed by atoms with E-state index in [1.807, 2.05) is 0 Å². The first-order chi connectivity index (χ1) is 6.56. The van der Waals surface area contributed by atoms with Crippen LogP contribution in [0.3, 0.4) is 0 Å². The fraction of sp³-hybridized carbons (Fsp3) is 0.300. The number of benzene rings is 1. The topological polar surface area (TPSA) is 17.1 Å². The quantitative estimate of drug-likeness (QED) is 0.544. The molecule has 0 amide bonds. The highest BCUT2D eigenvalue weighted by atomic mass is 19.2. The Morgan fingerprint density at radius 1 is 1.36 bits per heavy atom. The van der Waals surface area contributed by atoms with Crippen molar-refractivity contribution in [3.8, 4) is 0 Å². The van der Waals surface area contributed by atoms with Gasteiger partial charge in [-0.2, -0.15) is 0 Å². The molecule has 1 rings (SSSR count). The number of carbonyl (C=O) groups excluding carboxylic acids is 1. The molecule has 0 saturated carbocycles. The van der Waals surface area contributed by atoms with E-state index in [-0.39, 0.29) is 12.0 Å². The lowest BCUT2D eigenvalue weighted by molar-refractivity contribution is -0.108. The molecule has 1 aromatic carbocycles. The Labute approximate surface area is 79.5 Å². The maximum atomic E-state index is 13.1. The van der Waals surface area contributed by atoms with Crippen LogP contribution in [-0.4, -0.2) is 6.29 Å². The Kier molecular flexibility index (Phi) is 3.28. The van der Waals surface area contributed by atoms with E-state index >= 15 is 0 Å². The van der Waals surface area contributed by atoms with Crippen LogP contribution < -0.4 is 0 Å². The molecule has 0 saturated heterocycles. The second-order valence-corrected chi connectivity index (χ2v) is 3.09. The van der Waals surface area contributed by atoms with Gasteiger partial charge in [0.15, 0.2) is 11.6 Å². The normalized spacial score (nSPS) is 12.6. The van der Waals surface area contributed by atoms with Crippen molar-refractivity contribution in [1.29, 1.82) is 0 Å². The molecule has 76 valence electrons. The van der Waals surface area contributed by atoms with E-state index in [0.29, 0.717) is 12.4 Å². The number of rotatable bonds is 3. The molecular formula is C10H9F3O. The van der Waals surface area contributed by atoms with Crippen molar-refractivity contribution in [2.75, 3.05) is 0 Å². The summed E-state index contributed by atoms with van der Waals surface area (Å²) in [6.07, 6.45) is 0.632. The smallest absolute Gasteiger partial charge is 0.162 e. The van der Waals surface area contributed by atoms with E-state index in [4.69, 9.17) is 0 Å². The molecular weight excluding hydrogens is 193 g/mol. The molecule has 0 N–H and O–H groups in total. The van der Waals surface area contributed by atoms with E-state index < -0.39 is 23.4 Å². The zero-order chi connectivity index (χ0) is 10.7. The molecule has 1 atom stereocenters. The summed E-state index contributed by atoms with van der Waals surface area (Å²) >= 11 is 0. The van der Waals surface area contributed by atoms with Gasteiger partial charge < -0.3 is 4.79 Å². The third kappa shape index (κ3) is 2.13. The minimum Gasteiger partial charge on any atom is -0.303 e. The number of hydrogen-bond donors (Lipinski definition) is 0. The maximum absolute atomic E-state index is 13.1. The second-order valence-electron chi connectivity index (χ2n) is 3.09. The van der Waals surface area contributed by atoms with E-state index in [1.54, 1.807) is 0 Å². The van der Waals surface area contributed by atoms with Gasteiger partial charge in [0.25, 0.3) is 0 Å². The van der Waals surface area contributed by atoms with E-state index in [0.717, 1.165) is 6.07 Å². The summed E-state index contributed by atoms with van der Waals surface area (Å²) in [5.41, 5.74) is -0.102. The molecule has 0 aliphatic rings. The largest absolute Gasteiger partial charge is 0.303 e. The van der Waals surface area contributed by atoms with Gasteiger partial charge in [0, 0.05) is 12.5 Å². The SMILES string of the molecule is CC(CC=O)c1cc(F)cc(F)c1F. The lowest BCUT2D eigenvalue weighted by Gasteiger charge is -2.09. The molecule has 0 fully saturated rings. The van der Waals surface area contributed by atoms with Crippen LogP contribution in [-0.2, 0) is 4.79 Å². The van der Waals surface area contributed by atoms with Crippen molar-refractivity contribution >= 4 is 6.29 Å². The first-order valence-corrected chi connectivity index (χ1v) is 4.14. The molecule has 0 radical (unpaired) electrons. The predicted molar refractivity (Wildman–Crippen MR) is 45.4 cm³/mol. The van der Waals surface area contributed by atoms with Crippen LogP contribution in [0.2, 0.25) is 0 Å². The average Bonchev–Trinajstić information content (AvgIpc) is 2.11.